The van der Waals surface area contributed by atoms with Crippen LogP contribution in [0.5, 0.6) is 0 Å². The molecular weight excluding hydrogens is 162 g/mol. The zero-order valence-corrected chi connectivity index (χ0v) is 8.17. The Labute approximate surface area is 78.5 Å². The van der Waals surface area contributed by atoms with E-state index in [-0.39, 0.29) is 0 Å². The first-order valence-corrected chi connectivity index (χ1v) is 4.67. The summed E-state index contributed by atoms with van der Waals surface area (Å²) in [5, 5.41) is 3.36. The van der Waals surface area contributed by atoms with Crippen molar-refractivity contribution in [1.29, 1.82) is 0 Å². The highest BCUT2D eigenvalue weighted by molar-refractivity contribution is 5.64. The molecule has 2 rings (SSSR count). The highest BCUT2D eigenvalue weighted by Crippen LogP contribution is 2.16. The molecule has 1 aromatic heterocycles. The van der Waals surface area contributed by atoms with Crippen molar-refractivity contribution in [2.75, 3.05) is 13.1 Å². The third-order valence-electron chi connectivity index (χ3n) is 2.58. The molecule has 0 radical (unpaired) electrons. The van der Waals surface area contributed by atoms with Gasteiger partial charge in [-0.2, -0.15) is 0 Å². The molecule has 0 aliphatic carbocycles. The number of nitrogens with one attached hydrogen (secondary N) is 1. The van der Waals surface area contributed by atoms with Crippen LogP contribution in [0.4, 0.5) is 0 Å². The van der Waals surface area contributed by atoms with Crippen molar-refractivity contribution in [3.05, 3.63) is 23.8 Å². The van der Waals surface area contributed by atoms with Crippen molar-refractivity contribution >= 4 is 5.57 Å². The summed E-state index contributed by atoms with van der Waals surface area (Å²) in [6, 6.07) is 0. The van der Waals surface area contributed by atoms with E-state index in [1.807, 2.05) is 13.1 Å². The van der Waals surface area contributed by atoms with E-state index in [1.165, 1.54) is 11.3 Å². The van der Waals surface area contributed by atoms with Crippen LogP contribution in [-0.2, 0) is 7.05 Å². The van der Waals surface area contributed by atoms with E-state index >= 15 is 0 Å². The molecule has 0 bridgehead atoms. The number of aromatic nitrogens is 2. The number of hydrogen-bond donors (Lipinski definition) is 1. The molecule has 3 nitrogen and oxygen atoms in total. The van der Waals surface area contributed by atoms with Crippen LogP contribution in [0.25, 0.3) is 5.57 Å². The normalized spacial score (nSPS) is 17.2. The molecule has 13 heavy (non-hydrogen) atoms. The fourth-order valence-corrected chi connectivity index (χ4v) is 1.64. The molecular formula is C10H15N3. The number of aryl methyl sites for hydroxylation is 1. The largest absolute Gasteiger partial charge is 0.332 e. The van der Waals surface area contributed by atoms with Crippen LogP contribution >= 0.6 is 0 Å². The third-order valence-corrected chi connectivity index (χ3v) is 2.58. The lowest BCUT2D eigenvalue weighted by Gasteiger charge is -2.14. The zero-order chi connectivity index (χ0) is 9.26. The maximum absolute atomic E-state index is 4.29. The van der Waals surface area contributed by atoms with Crippen molar-refractivity contribution in [3.8, 4) is 0 Å². The number of imidazole rings is 1. The molecule has 2 heterocycles. The lowest BCUT2D eigenvalue weighted by Crippen LogP contribution is -2.22. The standard InChI is InChI=1S/C10H15N3/c1-8-12-7-10(13(8)2)9-4-3-5-11-6-9/h4,7,11H,3,5-6H2,1-2H3. The third kappa shape index (κ3) is 1.52. The van der Waals surface area contributed by atoms with Crippen LogP contribution in [0.15, 0.2) is 12.3 Å². The Hall–Kier alpha value is -1.09. The first kappa shape index (κ1) is 8.51. The van der Waals surface area contributed by atoms with E-state index in [1.54, 1.807) is 0 Å². The molecule has 3 heteroatoms. The van der Waals surface area contributed by atoms with Gasteiger partial charge in [-0.3, -0.25) is 0 Å². The number of rotatable bonds is 1. The van der Waals surface area contributed by atoms with Crippen LogP contribution in [0.2, 0.25) is 0 Å². The van der Waals surface area contributed by atoms with Crippen molar-refractivity contribution < 1.29 is 0 Å². The lowest BCUT2D eigenvalue weighted by atomic mass is 10.1. The van der Waals surface area contributed by atoms with Crippen LogP contribution in [0, 0.1) is 6.92 Å². The van der Waals surface area contributed by atoms with E-state index in [0.29, 0.717) is 0 Å². The minimum Gasteiger partial charge on any atom is -0.332 e. The van der Waals surface area contributed by atoms with Crippen LogP contribution in [-0.4, -0.2) is 22.6 Å². The molecule has 1 N–H and O–H groups in total. The van der Waals surface area contributed by atoms with Gasteiger partial charge in [0.25, 0.3) is 0 Å². The average molecular weight is 177 g/mol. The van der Waals surface area contributed by atoms with Crippen molar-refractivity contribution in [2.45, 2.75) is 13.3 Å². The Balaban J connectivity index is 2.34. The minimum atomic E-state index is 0.971. The van der Waals surface area contributed by atoms with Gasteiger partial charge in [0.2, 0.25) is 0 Å². The maximum Gasteiger partial charge on any atom is 0.105 e. The number of hydrogen-bond acceptors (Lipinski definition) is 2. The molecule has 0 spiro atoms. The van der Waals surface area contributed by atoms with Gasteiger partial charge in [-0.15, -0.1) is 0 Å². The molecule has 1 aliphatic heterocycles. The molecule has 0 amide bonds. The Bertz CT molecular complexity index is 336. The van der Waals surface area contributed by atoms with Crippen molar-refractivity contribution in [1.82, 2.24) is 14.9 Å². The van der Waals surface area contributed by atoms with Crippen LogP contribution in [0.1, 0.15) is 17.9 Å². The molecule has 0 fully saturated rings. The summed E-state index contributed by atoms with van der Waals surface area (Å²) in [6.07, 6.45) is 5.38. The van der Waals surface area contributed by atoms with E-state index in [4.69, 9.17) is 0 Å². The number of nitrogens with zero attached hydrogens (tertiary/aromatic N) is 2. The van der Waals surface area contributed by atoms with Gasteiger partial charge in [-0.1, -0.05) is 6.08 Å². The quantitative estimate of drug-likeness (QED) is 0.696. The van der Waals surface area contributed by atoms with Gasteiger partial charge in [0.05, 0.1) is 11.9 Å². The van der Waals surface area contributed by atoms with Gasteiger partial charge < -0.3 is 9.88 Å². The Morgan fingerprint density at radius 1 is 1.54 bits per heavy atom. The van der Waals surface area contributed by atoms with E-state index < -0.39 is 0 Å². The summed E-state index contributed by atoms with van der Waals surface area (Å²) >= 11 is 0. The second-order valence-corrected chi connectivity index (χ2v) is 3.44. The van der Waals surface area contributed by atoms with E-state index in [9.17, 15) is 0 Å². The summed E-state index contributed by atoms with van der Waals surface area (Å²) in [6.45, 7) is 4.10. The fraction of sp³-hybridized carbons (Fsp3) is 0.500. The molecule has 0 saturated heterocycles. The van der Waals surface area contributed by atoms with Gasteiger partial charge in [-0.05, 0) is 25.5 Å². The van der Waals surface area contributed by atoms with E-state index in [2.05, 4.69) is 28.0 Å². The molecule has 0 saturated carbocycles. The predicted octanol–water partition coefficient (Wildman–Crippen LogP) is 1.11. The molecule has 70 valence electrons. The molecule has 0 unspecified atom stereocenters. The summed E-state index contributed by atoms with van der Waals surface area (Å²) in [5.41, 5.74) is 2.61. The second kappa shape index (κ2) is 3.34. The molecule has 0 aromatic carbocycles. The van der Waals surface area contributed by atoms with Crippen molar-refractivity contribution in [2.24, 2.45) is 7.05 Å². The van der Waals surface area contributed by atoms with Gasteiger partial charge in [0.15, 0.2) is 0 Å². The fourth-order valence-electron chi connectivity index (χ4n) is 1.64. The second-order valence-electron chi connectivity index (χ2n) is 3.44. The highest BCUT2D eigenvalue weighted by Gasteiger charge is 2.09. The van der Waals surface area contributed by atoms with Crippen LogP contribution < -0.4 is 5.32 Å². The average Bonchev–Trinajstić information content (AvgIpc) is 2.49. The highest BCUT2D eigenvalue weighted by atomic mass is 15.1. The van der Waals surface area contributed by atoms with Gasteiger partial charge in [-0.25, -0.2) is 4.98 Å². The van der Waals surface area contributed by atoms with Gasteiger partial charge in [0.1, 0.15) is 5.82 Å². The van der Waals surface area contributed by atoms with Crippen LogP contribution in [0.3, 0.4) is 0 Å². The van der Waals surface area contributed by atoms with E-state index in [0.717, 1.165) is 25.3 Å². The topological polar surface area (TPSA) is 29.9 Å². The molecule has 1 aliphatic rings. The SMILES string of the molecule is Cc1ncc(C2=CCCNC2)n1C. The van der Waals surface area contributed by atoms with Gasteiger partial charge in [0, 0.05) is 13.6 Å². The summed E-state index contributed by atoms with van der Waals surface area (Å²) in [5.74, 6) is 1.07. The first-order valence-electron chi connectivity index (χ1n) is 4.67. The zero-order valence-electron chi connectivity index (χ0n) is 8.17. The Morgan fingerprint density at radius 2 is 2.38 bits per heavy atom. The first-order chi connectivity index (χ1) is 6.29. The lowest BCUT2D eigenvalue weighted by molar-refractivity contribution is 0.730. The monoisotopic (exact) mass is 177 g/mol. The van der Waals surface area contributed by atoms with Crippen molar-refractivity contribution in [3.63, 3.8) is 0 Å². The maximum atomic E-state index is 4.29. The minimum absolute atomic E-state index is 0.971. The molecule has 0 atom stereocenters. The Kier molecular flexibility index (Phi) is 2.19. The smallest absolute Gasteiger partial charge is 0.105 e. The summed E-state index contributed by atoms with van der Waals surface area (Å²) in [7, 11) is 2.06. The molecule has 1 aromatic rings. The Morgan fingerprint density at radius 3 is 2.92 bits per heavy atom. The predicted molar refractivity (Wildman–Crippen MR) is 53.4 cm³/mol. The summed E-state index contributed by atoms with van der Waals surface area (Å²) in [4.78, 5) is 4.29. The summed E-state index contributed by atoms with van der Waals surface area (Å²) < 4.78 is 2.14. The van der Waals surface area contributed by atoms with Gasteiger partial charge >= 0.3 is 0 Å².